The number of aromatic nitrogens is 1. The third kappa shape index (κ3) is 5.39. The van der Waals surface area contributed by atoms with Crippen molar-refractivity contribution in [2.24, 2.45) is 5.41 Å². The predicted molar refractivity (Wildman–Crippen MR) is 110 cm³/mol. The van der Waals surface area contributed by atoms with E-state index in [4.69, 9.17) is 0 Å². The molecule has 0 radical (unpaired) electrons. The van der Waals surface area contributed by atoms with Gasteiger partial charge < -0.3 is 10.2 Å². The van der Waals surface area contributed by atoms with Gasteiger partial charge in [0.15, 0.2) is 0 Å². The Morgan fingerprint density at radius 2 is 1.70 bits per heavy atom. The first-order valence-corrected chi connectivity index (χ1v) is 10.2. The van der Waals surface area contributed by atoms with E-state index in [1.54, 1.807) is 12.4 Å². The molecule has 2 aromatic rings. The van der Waals surface area contributed by atoms with Gasteiger partial charge in [0, 0.05) is 36.9 Å². The van der Waals surface area contributed by atoms with Crippen LogP contribution >= 0.6 is 0 Å². The van der Waals surface area contributed by atoms with E-state index in [1.807, 2.05) is 37.8 Å². The van der Waals surface area contributed by atoms with Gasteiger partial charge in [0.2, 0.25) is 5.91 Å². The Morgan fingerprint density at radius 3 is 2.20 bits per heavy atom. The average Bonchev–Trinajstić information content (AvgIpc) is 2.71. The normalized spacial score (nSPS) is 17.1. The molecule has 1 N–H and O–H groups in total. The van der Waals surface area contributed by atoms with Crippen molar-refractivity contribution < 1.29 is 18.0 Å². The predicted octanol–water partition coefficient (Wildman–Crippen LogP) is 4.82. The number of carbonyl (C=O) groups is 1. The van der Waals surface area contributed by atoms with Gasteiger partial charge in [0.05, 0.1) is 11.6 Å². The van der Waals surface area contributed by atoms with E-state index in [2.05, 4.69) is 10.3 Å². The van der Waals surface area contributed by atoms with Gasteiger partial charge in [-0.15, -0.1) is 0 Å². The van der Waals surface area contributed by atoms with Crippen LogP contribution in [-0.4, -0.2) is 34.9 Å². The summed E-state index contributed by atoms with van der Waals surface area (Å²) in [5.41, 5.74) is 0.582. The first kappa shape index (κ1) is 22.3. The fourth-order valence-corrected chi connectivity index (χ4v) is 3.76. The number of rotatable bonds is 4. The summed E-state index contributed by atoms with van der Waals surface area (Å²) >= 11 is 0. The second-order valence-electron chi connectivity index (χ2n) is 8.82. The molecule has 1 unspecified atom stereocenters. The molecule has 1 aliphatic rings. The lowest BCUT2D eigenvalue weighted by molar-refractivity contribution is -0.140. The van der Waals surface area contributed by atoms with Gasteiger partial charge in [-0.3, -0.25) is 9.78 Å². The molecule has 1 amide bonds. The summed E-state index contributed by atoms with van der Waals surface area (Å²) in [4.78, 5) is 18.6. The molecular weight excluding hydrogens is 391 g/mol. The number of nitrogens with zero attached hydrogens (tertiary/aromatic N) is 2. The Bertz CT molecular complexity index is 837. The summed E-state index contributed by atoms with van der Waals surface area (Å²) in [7, 11) is 0. The number of piperidine rings is 1. The van der Waals surface area contributed by atoms with Gasteiger partial charge in [-0.1, -0.05) is 39.0 Å². The summed E-state index contributed by atoms with van der Waals surface area (Å²) in [6.45, 7) is 7.09. The van der Waals surface area contributed by atoms with Gasteiger partial charge in [-0.2, -0.15) is 13.2 Å². The maximum atomic E-state index is 12.9. The number of hydrogen-bond donors (Lipinski definition) is 1. The molecular formula is C23H28F3N3O. The fraction of sp³-hybridized carbons (Fsp3) is 0.478. The van der Waals surface area contributed by atoms with Crippen LogP contribution < -0.4 is 5.32 Å². The number of likely N-dealkylation sites (tertiary alicyclic amines) is 1. The maximum absolute atomic E-state index is 12.9. The Balaban J connectivity index is 1.75. The molecule has 162 valence electrons. The van der Waals surface area contributed by atoms with Crippen LogP contribution in [0.5, 0.6) is 0 Å². The lowest BCUT2D eigenvalue weighted by Gasteiger charge is -2.37. The Labute approximate surface area is 175 Å². The van der Waals surface area contributed by atoms with Gasteiger partial charge >= 0.3 is 6.18 Å². The van der Waals surface area contributed by atoms with E-state index >= 15 is 0 Å². The third-order valence-electron chi connectivity index (χ3n) is 5.42. The molecule has 4 nitrogen and oxygen atoms in total. The van der Waals surface area contributed by atoms with Crippen LogP contribution in [0.3, 0.4) is 0 Å². The van der Waals surface area contributed by atoms with Crippen LogP contribution in [0.25, 0.3) is 0 Å². The summed E-state index contributed by atoms with van der Waals surface area (Å²) in [5, 5.41) is 3.59. The molecule has 1 saturated heterocycles. The minimum atomic E-state index is -4.36. The largest absolute Gasteiger partial charge is 0.416 e. The van der Waals surface area contributed by atoms with Gasteiger partial charge in [-0.05, 0) is 42.2 Å². The van der Waals surface area contributed by atoms with Crippen molar-refractivity contribution in [1.82, 2.24) is 15.2 Å². The van der Waals surface area contributed by atoms with Crippen molar-refractivity contribution in [3.05, 3.63) is 65.5 Å². The van der Waals surface area contributed by atoms with Crippen LogP contribution in [0.4, 0.5) is 13.2 Å². The van der Waals surface area contributed by atoms with Gasteiger partial charge in [0.1, 0.15) is 0 Å². The number of pyridine rings is 1. The van der Waals surface area contributed by atoms with E-state index in [0.717, 1.165) is 36.1 Å². The summed E-state index contributed by atoms with van der Waals surface area (Å²) in [5.74, 6) is 0.146. The zero-order valence-corrected chi connectivity index (χ0v) is 17.5. The number of carbonyl (C=O) groups excluding carboxylic acids is 1. The topological polar surface area (TPSA) is 45.2 Å². The summed E-state index contributed by atoms with van der Waals surface area (Å²) in [6, 6.07) is 8.89. The SMILES string of the molecule is CC(C)(C)C(=O)N1CCC(NC(c2ccc(C(F)(F)F)cc2)c2cccnc2)CC1. The number of nitrogens with one attached hydrogen (secondary N) is 1. The second kappa shape index (κ2) is 8.76. The molecule has 1 aliphatic heterocycles. The standard InChI is InChI=1S/C23H28F3N3O/c1-22(2,3)21(30)29-13-10-19(11-14-29)28-20(17-5-4-12-27-15-17)16-6-8-18(9-7-16)23(24,25)26/h4-9,12,15,19-20,28H,10-11,13-14H2,1-3H3. The van der Waals surface area contributed by atoms with Crippen LogP contribution in [0.2, 0.25) is 0 Å². The number of hydrogen-bond acceptors (Lipinski definition) is 3. The van der Waals surface area contributed by atoms with Crippen LogP contribution in [-0.2, 0) is 11.0 Å². The molecule has 1 aromatic heterocycles. The highest BCUT2D eigenvalue weighted by Crippen LogP contribution is 2.31. The third-order valence-corrected chi connectivity index (χ3v) is 5.42. The molecule has 1 aromatic carbocycles. The van der Waals surface area contributed by atoms with Gasteiger partial charge in [-0.25, -0.2) is 0 Å². The maximum Gasteiger partial charge on any atom is 0.416 e. The Hall–Kier alpha value is -2.41. The number of amides is 1. The number of benzene rings is 1. The zero-order chi connectivity index (χ0) is 21.9. The Morgan fingerprint density at radius 1 is 1.07 bits per heavy atom. The highest BCUT2D eigenvalue weighted by Gasteiger charge is 2.32. The second-order valence-corrected chi connectivity index (χ2v) is 8.82. The van der Waals surface area contributed by atoms with Crippen molar-refractivity contribution in [2.75, 3.05) is 13.1 Å². The minimum Gasteiger partial charge on any atom is -0.342 e. The number of alkyl halides is 3. The van der Waals surface area contributed by atoms with E-state index in [0.29, 0.717) is 13.1 Å². The van der Waals surface area contributed by atoms with Crippen molar-refractivity contribution in [3.8, 4) is 0 Å². The molecule has 0 bridgehead atoms. The van der Waals surface area contributed by atoms with Crippen molar-refractivity contribution in [3.63, 3.8) is 0 Å². The van der Waals surface area contributed by atoms with Crippen molar-refractivity contribution >= 4 is 5.91 Å². The molecule has 3 rings (SSSR count). The lowest BCUT2D eigenvalue weighted by Crippen LogP contribution is -2.48. The molecule has 1 atom stereocenters. The van der Waals surface area contributed by atoms with E-state index in [1.165, 1.54) is 12.1 Å². The first-order valence-electron chi connectivity index (χ1n) is 10.2. The van der Waals surface area contributed by atoms with Crippen LogP contribution in [0, 0.1) is 5.41 Å². The first-order chi connectivity index (χ1) is 14.1. The molecule has 1 fully saturated rings. The molecule has 30 heavy (non-hydrogen) atoms. The number of halogens is 3. The van der Waals surface area contributed by atoms with Gasteiger partial charge in [0.25, 0.3) is 0 Å². The fourth-order valence-electron chi connectivity index (χ4n) is 3.76. The molecule has 0 aliphatic carbocycles. The molecule has 0 saturated carbocycles. The van der Waals surface area contributed by atoms with Crippen molar-refractivity contribution in [1.29, 1.82) is 0 Å². The highest BCUT2D eigenvalue weighted by atomic mass is 19.4. The van der Waals surface area contributed by atoms with E-state index in [-0.39, 0.29) is 18.0 Å². The quantitative estimate of drug-likeness (QED) is 0.773. The zero-order valence-electron chi connectivity index (χ0n) is 17.5. The van der Waals surface area contributed by atoms with Crippen molar-refractivity contribution in [2.45, 2.75) is 51.9 Å². The highest BCUT2D eigenvalue weighted by molar-refractivity contribution is 5.81. The smallest absolute Gasteiger partial charge is 0.342 e. The summed E-state index contributed by atoms with van der Waals surface area (Å²) in [6.07, 6.45) is 0.623. The van der Waals surface area contributed by atoms with Crippen LogP contribution in [0.15, 0.2) is 48.8 Å². The van der Waals surface area contributed by atoms with E-state index < -0.39 is 17.2 Å². The lowest BCUT2D eigenvalue weighted by atomic mass is 9.92. The minimum absolute atomic E-state index is 0.146. The average molecular weight is 419 g/mol. The molecule has 2 heterocycles. The molecule has 7 heteroatoms. The van der Waals surface area contributed by atoms with E-state index in [9.17, 15) is 18.0 Å². The summed E-state index contributed by atoms with van der Waals surface area (Å²) < 4.78 is 38.8. The molecule has 0 spiro atoms. The monoisotopic (exact) mass is 419 g/mol. The Kier molecular flexibility index (Phi) is 6.50. The van der Waals surface area contributed by atoms with Crippen LogP contribution in [0.1, 0.15) is 56.3 Å².